The van der Waals surface area contributed by atoms with Crippen LogP contribution in [-0.4, -0.2) is 35.7 Å². The fourth-order valence-corrected chi connectivity index (χ4v) is 3.01. The first-order chi connectivity index (χ1) is 8.36. The van der Waals surface area contributed by atoms with Crippen LogP contribution in [0, 0.1) is 0 Å². The summed E-state index contributed by atoms with van der Waals surface area (Å²) in [6.45, 7) is 4.75. The van der Waals surface area contributed by atoms with Gasteiger partial charge in [-0.2, -0.15) is 0 Å². The van der Waals surface area contributed by atoms with Crippen molar-refractivity contribution >= 4 is 0 Å². The summed E-state index contributed by atoms with van der Waals surface area (Å²) in [6, 6.07) is 11.0. The molecule has 1 heterocycles. The summed E-state index contributed by atoms with van der Waals surface area (Å²) >= 11 is 0. The predicted molar refractivity (Wildman–Crippen MR) is 71.2 cm³/mol. The molecule has 94 valence electrons. The van der Waals surface area contributed by atoms with Crippen LogP contribution in [0.2, 0.25) is 0 Å². The Balaban J connectivity index is 2.16. The molecule has 2 unspecified atom stereocenters. The molecule has 1 aliphatic heterocycles. The van der Waals surface area contributed by atoms with Gasteiger partial charge >= 0.3 is 0 Å². The molecule has 0 amide bonds. The molecule has 0 radical (unpaired) electrons. The standard InChI is InChI=1S/C15H23NO/c1-2-16-11-7-6-10-15(16)14(12-17)13-8-4-3-5-9-13/h3-5,8-9,14-15,17H,2,6-7,10-12H2,1H3. The van der Waals surface area contributed by atoms with E-state index in [2.05, 4.69) is 36.1 Å². The first kappa shape index (κ1) is 12.6. The van der Waals surface area contributed by atoms with E-state index in [1.807, 2.05) is 6.07 Å². The average Bonchev–Trinajstić information content (AvgIpc) is 2.41. The number of aliphatic hydroxyl groups excluding tert-OH is 1. The molecule has 1 fully saturated rings. The van der Waals surface area contributed by atoms with Crippen LogP contribution in [0.25, 0.3) is 0 Å². The second-order valence-corrected chi connectivity index (χ2v) is 4.89. The van der Waals surface area contributed by atoms with Crippen molar-refractivity contribution in [1.29, 1.82) is 0 Å². The van der Waals surface area contributed by atoms with Crippen molar-refractivity contribution in [3.63, 3.8) is 0 Å². The third kappa shape index (κ3) is 2.88. The Morgan fingerprint density at radius 1 is 1.29 bits per heavy atom. The number of likely N-dealkylation sites (N-methyl/N-ethyl adjacent to an activating group) is 1. The van der Waals surface area contributed by atoms with E-state index >= 15 is 0 Å². The molecular formula is C15H23NO. The first-order valence-corrected chi connectivity index (χ1v) is 6.76. The maximum atomic E-state index is 9.72. The van der Waals surface area contributed by atoms with Crippen LogP contribution < -0.4 is 0 Å². The van der Waals surface area contributed by atoms with Crippen molar-refractivity contribution < 1.29 is 5.11 Å². The topological polar surface area (TPSA) is 23.5 Å². The Kier molecular flexibility index (Phi) is 4.57. The monoisotopic (exact) mass is 233 g/mol. The molecule has 1 N–H and O–H groups in total. The Bertz CT molecular complexity index is 325. The highest BCUT2D eigenvalue weighted by Gasteiger charge is 2.29. The van der Waals surface area contributed by atoms with E-state index in [1.165, 1.54) is 31.4 Å². The van der Waals surface area contributed by atoms with Crippen LogP contribution in [0.1, 0.15) is 37.7 Å². The van der Waals surface area contributed by atoms with Crippen molar-refractivity contribution in [1.82, 2.24) is 4.90 Å². The van der Waals surface area contributed by atoms with Crippen molar-refractivity contribution in [3.05, 3.63) is 35.9 Å². The Hall–Kier alpha value is -0.860. The highest BCUT2D eigenvalue weighted by molar-refractivity contribution is 5.21. The minimum absolute atomic E-state index is 0.255. The van der Waals surface area contributed by atoms with E-state index in [0.717, 1.165) is 6.54 Å². The third-order valence-electron chi connectivity index (χ3n) is 3.96. The lowest BCUT2D eigenvalue weighted by Crippen LogP contribution is -2.44. The minimum Gasteiger partial charge on any atom is -0.396 e. The van der Waals surface area contributed by atoms with E-state index in [4.69, 9.17) is 0 Å². The quantitative estimate of drug-likeness (QED) is 0.864. The lowest BCUT2D eigenvalue weighted by atomic mass is 9.85. The number of likely N-dealkylation sites (tertiary alicyclic amines) is 1. The SMILES string of the molecule is CCN1CCCCC1C(CO)c1ccccc1. The fourth-order valence-electron chi connectivity index (χ4n) is 3.01. The number of piperidine rings is 1. The molecule has 2 rings (SSSR count). The van der Waals surface area contributed by atoms with Gasteiger partial charge in [-0.15, -0.1) is 0 Å². The maximum Gasteiger partial charge on any atom is 0.0514 e. The second-order valence-electron chi connectivity index (χ2n) is 4.89. The van der Waals surface area contributed by atoms with E-state index in [0.29, 0.717) is 6.04 Å². The normalized spacial score (nSPS) is 23.5. The predicted octanol–water partition coefficient (Wildman–Crippen LogP) is 2.64. The Labute approximate surface area is 104 Å². The van der Waals surface area contributed by atoms with Crippen molar-refractivity contribution in [2.75, 3.05) is 19.7 Å². The molecule has 0 aliphatic carbocycles. The smallest absolute Gasteiger partial charge is 0.0514 e. The van der Waals surface area contributed by atoms with Crippen molar-refractivity contribution in [2.45, 2.75) is 38.1 Å². The molecular weight excluding hydrogens is 210 g/mol. The van der Waals surface area contributed by atoms with Crippen LogP contribution in [0.4, 0.5) is 0 Å². The van der Waals surface area contributed by atoms with Crippen molar-refractivity contribution in [2.24, 2.45) is 0 Å². The molecule has 0 bridgehead atoms. The van der Waals surface area contributed by atoms with E-state index in [9.17, 15) is 5.11 Å². The summed E-state index contributed by atoms with van der Waals surface area (Å²) in [5.41, 5.74) is 1.28. The van der Waals surface area contributed by atoms with Gasteiger partial charge in [0, 0.05) is 12.0 Å². The zero-order valence-corrected chi connectivity index (χ0v) is 10.7. The van der Waals surface area contributed by atoms with Crippen LogP contribution in [0.5, 0.6) is 0 Å². The fraction of sp³-hybridized carbons (Fsp3) is 0.600. The molecule has 2 nitrogen and oxygen atoms in total. The van der Waals surface area contributed by atoms with Crippen LogP contribution in [0.3, 0.4) is 0 Å². The molecule has 0 spiro atoms. The van der Waals surface area contributed by atoms with E-state index in [1.54, 1.807) is 0 Å². The average molecular weight is 233 g/mol. The van der Waals surface area contributed by atoms with Gasteiger partial charge in [-0.1, -0.05) is 43.7 Å². The number of nitrogens with zero attached hydrogens (tertiary/aromatic N) is 1. The summed E-state index contributed by atoms with van der Waals surface area (Å²) in [7, 11) is 0. The molecule has 2 atom stereocenters. The highest BCUT2D eigenvalue weighted by atomic mass is 16.3. The second kappa shape index (κ2) is 6.18. The number of benzene rings is 1. The minimum atomic E-state index is 0.255. The van der Waals surface area contributed by atoms with Gasteiger partial charge in [0.2, 0.25) is 0 Å². The van der Waals surface area contributed by atoms with Gasteiger partial charge in [0.1, 0.15) is 0 Å². The van der Waals surface area contributed by atoms with E-state index < -0.39 is 0 Å². The maximum absolute atomic E-state index is 9.72. The third-order valence-corrected chi connectivity index (χ3v) is 3.96. The summed E-state index contributed by atoms with van der Waals surface area (Å²) in [6.07, 6.45) is 3.82. The largest absolute Gasteiger partial charge is 0.396 e. The van der Waals surface area contributed by atoms with Gasteiger partial charge < -0.3 is 5.11 Å². The van der Waals surface area contributed by atoms with E-state index in [-0.39, 0.29) is 12.5 Å². The molecule has 2 heteroatoms. The zero-order chi connectivity index (χ0) is 12.1. The number of aliphatic hydroxyl groups is 1. The van der Waals surface area contributed by atoms with Crippen molar-refractivity contribution in [3.8, 4) is 0 Å². The first-order valence-electron chi connectivity index (χ1n) is 6.76. The summed E-state index contributed by atoms with van der Waals surface area (Å²) in [5.74, 6) is 0.274. The number of hydrogen-bond donors (Lipinski definition) is 1. The molecule has 1 aromatic rings. The Morgan fingerprint density at radius 2 is 2.06 bits per heavy atom. The lowest BCUT2D eigenvalue weighted by Gasteiger charge is -2.39. The van der Waals surface area contributed by atoms with Gasteiger partial charge in [0.25, 0.3) is 0 Å². The summed E-state index contributed by atoms with van der Waals surface area (Å²) < 4.78 is 0. The Morgan fingerprint density at radius 3 is 2.71 bits per heavy atom. The van der Waals surface area contributed by atoms with Gasteiger partial charge in [-0.05, 0) is 31.5 Å². The van der Waals surface area contributed by atoms with Gasteiger partial charge in [-0.3, -0.25) is 4.90 Å². The zero-order valence-electron chi connectivity index (χ0n) is 10.7. The van der Waals surface area contributed by atoms with Crippen LogP contribution >= 0.6 is 0 Å². The lowest BCUT2D eigenvalue weighted by molar-refractivity contribution is 0.104. The molecule has 0 aromatic heterocycles. The van der Waals surface area contributed by atoms with Gasteiger partial charge in [0.15, 0.2) is 0 Å². The summed E-state index contributed by atoms with van der Waals surface area (Å²) in [4.78, 5) is 2.53. The molecule has 17 heavy (non-hydrogen) atoms. The van der Waals surface area contributed by atoms with Gasteiger partial charge in [-0.25, -0.2) is 0 Å². The summed E-state index contributed by atoms with van der Waals surface area (Å²) in [5, 5.41) is 9.72. The van der Waals surface area contributed by atoms with Crippen LogP contribution in [-0.2, 0) is 0 Å². The highest BCUT2D eigenvalue weighted by Crippen LogP contribution is 2.29. The van der Waals surface area contributed by atoms with Crippen LogP contribution in [0.15, 0.2) is 30.3 Å². The molecule has 1 aromatic carbocycles. The van der Waals surface area contributed by atoms with Gasteiger partial charge in [0.05, 0.1) is 6.61 Å². The molecule has 1 aliphatic rings. The molecule has 1 saturated heterocycles. The number of hydrogen-bond acceptors (Lipinski definition) is 2. The number of rotatable bonds is 4. The molecule has 0 saturated carbocycles.